The molecule has 136 valence electrons. The van der Waals surface area contributed by atoms with Crippen LogP contribution < -0.4 is 4.31 Å². The van der Waals surface area contributed by atoms with Gasteiger partial charge in [0.1, 0.15) is 11.9 Å². The van der Waals surface area contributed by atoms with Gasteiger partial charge in [0.15, 0.2) is 0 Å². The van der Waals surface area contributed by atoms with E-state index >= 15 is 0 Å². The number of ether oxygens (including phenoxy) is 1. The van der Waals surface area contributed by atoms with Crippen molar-refractivity contribution in [3.63, 3.8) is 0 Å². The molecule has 0 spiro atoms. The third-order valence-electron chi connectivity index (χ3n) is 4.88. The van der Waals surface area contributed by atoms with Gasteiger partial charge >= 0.3 is 6.09 Å². The minimum Gasteiger partial charge on any atom is -0.445 e. The molecule has 2 aromatic carbocycles. The summed E-state index contributed by atoms with van der Waals surface area (Å²) >= 11 is 0. The lowest BCUT2D eigenvalue weighted by molar-refractivity contribution is 0.0767. The third kappa shape index (κ3) is 3.03. The molecule has 6 nitrogen and oxygen atoms in total. The molecule has 1 fully saturated rings. The molecule has 1 saturated heterocycles. The van der Waals surface area contributed by atoms with E-state index in [0.29, 0.717) is 6.54 Å². The van der Waals surface area contributed by atoms with E-state index < -0.39 is 21.4 Å². The van der Waals surface area contributed by atoms with Crippen LogP contribution in [-0.4, -0.2) is 44.3 Å². The lowest BCUT2D eigenvalue weighted by Crippen LogP contribution is -2.60. The van der Waals surface area contributed by atoms with Gasteiger partial charge in [-0.05, 0) is 23.6 Å². The predicted octanol–water partition coefficient (Wildman–Crippen LogP) is 2.40. The normalized spacial score (nSPS) is 16.9. The quantitative estimate of drug-likeness (QED) is 0.827. The van der Waals surface area contributed by atoms with Crippen LogP contribution in [0.15, 0.2) is 54.6 Å². The van der Waals surface area contributed by atoms with Crippen molar-refractivity contribution >= 4 is 21.8 Å². The van der Waals surface area contributed by atoms with E-state index in [-0.39, 0.29) is 19.7 Å². The molecular formula is C19H20N2O4S. The van der Waals surface area contributed by atoms with Crippen LogP contribution in [0, 0.1) is 0 Å². The fraction of sp³-hybridized carbons (Fsp3) is 0.316. The Balaban J connectivity index is 1.35. The van der Waals surface area contributed by atoms with Crippen LogP contribution >= 0.6 is 0 Å². The van der Waals surface area contributed by atoms with Crippen molar-refractivity contribution in [3.05, 3.63) is 65.7 Å². The third-order valence-corrected chi connectivity index (χ3v) is 7.02. The Labute approximate surface area is 153 Å². The van der Waals surface area contributed by atoms with Crippen LogP contribution in [-0.2, 0) is 27.8 Å². The molecule has 4 rings (SSSR count). The summed E-state index contributed by atoms with van der Waals surface area (Å²) in [6.07, 6.45) is 0.257. The molecule has 0 bridgehead atoms. The second kappa shape index (κ2) is 6.64. The number of sulfonamides is 1. The molecule has 0 aliphatic carbocycles. The summed E-state index contributed by atoms with van der Waals surface area (Å²) in [6.45, 7) is 1.01. The molecule has 26 heavy (non-hydrogen) atoms. The summed E-state index contributed by atoms with van der Waals surface area (Å²) in [6, 6.07) is 17.0. The minimum atomic E-state index is -3.47. The van der Waals surface area contributed by atoms with Gasteiger partial charge in [-0.2, -0.15) is 0 Å². The van der Waals surface area contributed by atoms with Crippen molar-refractivity contribution in [2.24, 2.45) is 0 Å². The number of hydrogen-bond acceptors (Lipinski definition) is 4. The molecule has 0 radical (unpaired) electrons. The van der Waals surface area contributed by atoms with Crippen LogP contribution in [0.2, 0.25) is 0 Å². The largest absolute Gasteiger partial charge is 0.445 e. The summed E-state index contributed by atoms with van der Waals surface area (Å²) < 4.78 is 32.5. The van der Waals surface area contributed by atoms with E-state index in [1.54, 1.807) is 0 Å². The van der Waals surface area contributed by atoms with Gasteiger partial charge in [0.25, 0.3) is 0 Å². The Morgan fingerprint density at radius 2 is 1.73 bits per heavy atom. The molecule has 0 aromatic heterocycles. The predicted molar refractivity (Wildman–Crippen MR) is 98.4 cm³/mol. The summed E-state index contributed by atoms with van der Waals surface area (Å²) in [5.41, 5.74) is 2.71. The van der Waals surface area contributed by atoms with E-state index in [4.69, 9.17) is 4.74 Å². The van der Waals surface area contributed by atoms with Crippen molar-refractivity contribution in [1.82, 2.24) is 4.90 Å². The highest BCUT2D eigenvalue weighted by atomic mass is 32.2. The van der Waals surface area contributed by atoms with Gasteiger partial charge in [-0.1, -0.05) is 48.5 Å². The van der Waals surface area contributed by atoms with E-state index in [1.165, 1.54) is 9.21 Å². The smallest absolute Gasteiger partial charge is 0.410 e. The van der Waals surface area contributed by atoms with Gasteiger partial charge in [0, 0.05) is 19.6 Å². The number of para-hydroxylation sites is 1. The lowest BCUT2D eigenvalue weighted by atomic mass is 10.2. The van der Waals surface area contributed by atoms with E-state index in [2.05, 4.69) is 0 Å². The lowest BCUT2D eigenvalue weighted by Gasteiger charge is -2.39. The number of amides is 1. The first-order valence-electron chi connectivity index (χ1n) is 8.61. The highest BCUT2D eigenvalue weighted by Gasteiger charge is 2.44. The van der Waals surface area contributed by atoms with Crippen LogP contribution in [0.4, 0.5) is 10.5 Å². The summed E-state index contributed by atoms with van der Waals surface area (Å²) in [4.78, 5) is 13.5. The first-order valence-corrected chi connectivity index (χ1v) is 10.1. The first-order chi connectivity index (χ1) is 12.6. The maximum absolute atomic E-state index is 12.9. The second-order valence-corrected chi connectivity index (χ2v) is 8.70. The van der Waals surface area contributed by atoms with Crippen LogP contribution in [0.1, 0.15) is 11.1 Å². The molecule has 2 heterocycles. The Hall–Kier alpha value is -2.54. The van der Waals surface area contributed by atoms with Crippen LogP contribution in [0.25, 0.3) is 0 Å². The van der Waals surface area contributed by atoms with Crippen molar-refractivity contribution in [1.29, 1.82) is 0 Å². The van der Waals surface area contributed by atoms with Crippen LogP contribution in [0.3, 0.4) is 0 Å². The molecule has 7 heteroatoms. The standard InChI is InChI=1S/C19H20N2O4S/c22-19(25-14-15-6-2-1-3-7-15)20-12-17(13-20)26(23,24)21-11-10-16-8-4-5-9-18(16)21/h1-9,17H,10-14H2. The van der Waals surface area contributed by atoms with Gasteiger partial charge in [0.05, 0.1) is 5.69 Å². The number of carbonyl (C=O) groups excluding carboxylic acids is 1. The average Bonchev–Trinajstić information content (AvgIpc) is 3.04. The van der Waals surface area contributed by atoms with Crippen molar-refractivity contribution in [3.8, 4) is 0 Å². The maximum atomic E-state index is 12.9. The fourth-order valence-corrected chi connectivity index (χ4v) is 5.23. The zero-order chi connectivity index (χ0) is 18.1. The molecule has 0 saturated carbocycles. The van der Waals surface area contributed by atoms with E-state index in [1.807, 2.05) is 54.6 Å². The van der Waals surface area contributed by atoms with Crippen molar-refractivity contribution in [2.45, 2.75) is 18.3 Å². The first kappa shape index (κ1) is 16.9. The van der Waals surface area contributed by atoms with Gasteiger partial charge in [-0.25, -0.2) is 13.2 Å². The SMILES string of the molecule is O=C(OCc1ccccc1)N1CC(S(=O)(=O)N2CCc3ccccc32)C1. The Morgan fingerprint density at radius 3 is 2.50 bits per heavy atom. The summed E-state index contributed by atoms with van der Waals surface area (Å²) in [5.74, 6) is 0. The molecule has 0 unspecified atom stereocenters. The minimum absolute atomic E-state index is 0.175. The van der Waals surface area contributed by atoms with E-state index in [0.717, 1.165) is 23.2 Å². The van der Waals surface area contributed by atoms with Gasteiger partial charge in [0.2, 0.25) is 10.0 Å². The molecule has 2 aromatic rings. The van der Waals surface area contributed by atoms with Crippen molar-refractivity contribution in [2.75, 3.05) is 23.9 Å². The van der Waals surface area contributed by atoms with Gasteiger partial charge in [-0.15, -0.1) is 0 Å². The zero-order valence-electron chi connectivity index (χ0n) is 14.2. The van der Waals surface area contributed by atoms with Crippen LogP contribution in [0.5, 0.6) is 0 Å². The molecule has 1 amide bonds. The molecule has 0 N–H and O–H groups in total. The highest BCUT2D eigenvalue weighted by molar-refractivity contribution is 7.93. The Morgan fingerprint density at radius 1 is 1.04 bits per heavy atom. The molecule has 2 aliphatic rings. The summed E-state index contributed by atoms with van der Waals surface area (Å²) in [5, 5.41) is -0.571. The number of nitrogens with zero attached hydrogens (tertiary/aromatic N) is 2. The number of carbonyl (C=O) groups is 1. The molecular weight excluding hydrogens is 352 g/mol. The number of anilines is 1. The fourth-order valence-electron chi connectivity index (χ4n) is 3.34. The molecule has 2 aliphatic heterocycles. The number of likely N-dealkylation sites (tertiary alicyclic amines) is 1. The average molecular weight is 372 g/mol. The Bertz CT molecular complexity index is 908. The number of rotatable bonds is 4. The van der Waals surface area contributed by atoms with Gasteiger partial charge < -0.3 is 9.64 Å². The summed E-state index contributed by atoms with van der Waals surface area (Å²) in [7, 11) is -3.47. The van der Waals surface area contributed by atoms with E-state index in [9.17, 15) is 13.2 Å². The molecule has 0 atom stereocenters. The maximum Gasteiger partial charge on any atom is 0.410 e. The number of fused-ring (bicyclic) bond motifs is 1. The second-order valence-electron chi connectivity index (χ2n) is 6.56. The Kier molecular flexibility index (Phi) is 4.32. The highest BCUT2D eigenvalue weighted by Crippen LogP contribution is 2.33. The number of benzene rings is 2. The number of hydrogen-bond donors (Lipinski definition) is 0. The van der Waals surface area contributed by atoms with Crippen molar-refractivity contribution < 1.29 is 17.9 Å². The topological polar surface area (TPSA) is 66.9 Å². The monoisotopic (exact) mass is 372 g/mol. The van der Waals surface area contributed by atoms with Gasteiger partial charge in [-0.3, -0.25) is 4.31 Å². The zero-order valence-corrected chi connectivity index (χ0v) is 15.1.